The summed E-state index contributed by atoms with van der Waals surface area (Å²) >= 11 is 6.04. The third kappa shape index (κ3) is 4.81. The predicted octanol–water partition coefficient (Wildman–Crippen LogP) is 4.67. The number of hydrogen-bond donors (Lipinski definition) is 1. The summed E-state index contributed by atoms with van der Waals surface area (Å²) in [5.41, 5.74) is 2.23. The van der Waals surface area contributed by atoms with E-state index in [0.717, 1.165) is 5.56 Å². The number of nitrogens with one attached hydrogen (secondary N) is 1. The first kappa shape index (κ1) is 20.8. The van der Waals surface area contributed by atoms with E-state index >= 15 is 0 Å². The SMILES string of the molecule is CC1Oc2cc(NC(=O)COc3ccccc3Cl)ccc2N(Cc2ccccc2)C1=O. The largest absolute Gasteiger partial charge is 0.482 e. The molecular weight excluding hydrogens is 416 g/mol. The van der Waals surface area contributed by atoms with Gasteiger partial charge in [-0.2, -0.15) is 0 Å². The van der Waals surface area contributed by atoms with Gasteiger partial charge in [0.1, 0.15) is 11.5 Å². The van der Waals surface area contributed by atoms with Gasteiger partial charge in [-0.25, -0.2) is 0 Å². The minimum atomic E-state index is -0.620. The molecule has 0 saturated carbocycles. The quantitative estimate of drug-likeness (QED) is 0.609. The molecule has 1 aliphatic heterocycles. The summed E-state index contributed by atoms with van der Waals surface area (Å²) in [4.78, 5) is 26.7. The summed E-state index contributed by atoms with van der Waals surface area (Å²) in [7, 11) is 0. The molecule has 7 heteroatoms. The molecule has 0 fully saturated rings. The lowest BCUT2D eigenvalue weighted by atomic mass is 10.1. The van der Waals surface area contributed by atoms with Crippen molar-refractivity contribution in [1.29, 1.82) is 0 Å². The molecule has 2 amide bonds. The lowest BCUT2D eigenvalue weighted by Crippen LogP contribution is -2.44. The van der Waals surface area contributed by atoms with E-state index in [4.69, 9.17) is 21.1 Å². The van der Waals surface area contributed by atoms with E-state index in [9.17, 15) is 9.59 Å². The molecule has 1 N–H and O–H groups in total. The van der Waals surface area contributed by atoms with Crippen molar-refractivity contribution < 1.29 is 19.1 Å². The van der Waals surface area contributed by atoms with E-state index in [0.29, 0.717) is 34.4 Å². The number of rotatable bonds is 6. The molecule has 0 aromatic heterocycles. The van der Waals surface area contributed by atoms with Crippen LogP contribution in [0.4, 0.5) is 11.4 Å². The number of carbonyl (C=O) groups is 2. The van der Waals surface area contributed by atoms with Gasteiger partial charge in [-0.05, 0) is 36.8 Å². The van der Waals surface area contributed by atoms with Crippen molar-refractivity contribution in [2.75, 3.05) is 16.8 Å². The molecule has 1 unspecified atom stereocenters. The van der Waals surface area contributed by atoms with Gasteiger partial charge < -0.3 is 19.7 Å². The fraction of sp³-hybridized carbons (Fsp3) is 0.167. The van der Waals surface area contributed by atoms with Crippen LogP contribution in [0.1, 0.15) is 12.5 Å². The molecule has 0 bridgehead atoms. The van der Waals surface area contributed by atoms with Crippen LogP contribution in [0.3, 0.4) is 0 Å². The standard InChI is InChI=1S/C24H21ClN2O4/c1-16-24(29)27(14-17-7-3-2-4-8-17)20-12-11-18(13-22(20)31-16)26-23(28)15-30-21-10-6-5-9-19(21)25/h2-13,16H,14-15H2,1H3,(H,26,28). The third-order valence-corrected chi connectivity index (χ3v) is 5.14. The molecule has 1 atom stereocenters. The zero-order valence-corrected chi connectivity index (χ0v) is 17.6. The van der Waals surface area contributed by atoms with Gasteiger partial charge in [0.25, 0.3) is 11.8 Å². The molecule has 3 aromatic rings. The summed E-state index contributed by atoms with van der Waals surface area (Å²) in [6.07, 6.45) is -0.620. The first-order valence-corrected chi connectivity index (χ1v) is 10.2. The third-order valence-electron chi connectivity index (χ3n) is 4.83. The van der Waals surface area contributed by atoms with Crippen LogP contribution in [0.25, 0.3) is 0 Å². The summed E-state index contributed by atoms with van der Waals surface area (Å²) in [6, 6.07) is 21.9. The maximum atomic E-state index is 12.7. The molecular formula is C24H21ClN2O4. The van der Waals surface area contributed by atoms with E-state index in [1.54, 1.807) is 54.3 Å². The second kappa shape index (κ2) is 9.10. The molecule has 31 heavy (non-hydrogen) atoms. The van der Waals surface area contributed by atoms with E-state index in [1.807, 2.05) is 30.3 Å². The van der Waals surface area contributed by atoms with Crippen molar-refractivity contribution in [3.05, 3.63) is 83.4 Å². The number of para-hydroxylation sites is 1. The highest BCUT2D eigenvalue weighted by atomic mass is 35.5. The molecule has 3 aromatic carbocycles. The monoisotopic (exact) mass is 436 g/mol. The van der Waals surface area contributed by atoms with Crippen molar-refractivity contribution in [2.45, 2.75) is 19.6 Å². The van der Waals surface area contributed by atoms with Gasteiger partial charge in [0.05, 0.1) is 17.3 Å². The van der Waals surface area contributed by atoms with Crippen LogP contribution in [-0.2, 0) is 16.1 Å². The fourth-order valence-electron chi connectivity index (χ4n) is 3.32. The minimum Gasteiger partial charge on any atom is -0.482 e. The van der Waals surface area contributed by atoms with Crippen LogP contribution in [0.5, 0.6) is 11.5 Å². The van der Waals surface area contributed by atoms with Crippen LogP contribution in [0, 0.1) is 0 Å². The zero-order valence-electron chi connectivity index (χ0n) is 16.9. The molecule has 1 aliphatic rings. The number of amides is 2. The Hall–Kier alpha value is -3.51. The number of fused-ring (bicyclic) bond motifs is 1. The van der Waals surface area contributed by atoms with Crippen LogP contribution in [-0.4, -0.2) is 24.5 Å². The Kier molecular flexibility index (Phi) is 6.09. The lowest BCUT2D eigenvalue weighted by molar-refractivity contribution is -0.125. The minimum absolute atomic E-state index is 0.110. The summed E-state index contributed by atoms with van der Waals surface area (Å²) < 4.78 is 11.3. The van der Waals surface area contributed by atoms with Crippen molar-refractivity contribution >= 4 is 34.8 Å². The average molecular weight is 437 g/mol. The van der Waals surface area contributed by atoms with Gasteiger partial charge in [-0.15, -0.1) is 0 Å². The first-order valence-electron chi connectivity index (χ1n) is 9.84. The molecule has 1 heterocycles. The second-order valence-corrected chi connectivity index (χ2v) is 7.53. The zero-order chi connectivity index (χ0) is 21.8. The van der Waals surface area contributed by atoms with Crippen LogP contribution < -0.4 is 19.7 Å². The van der Waals surface area contributed by atoms with E-state index in [-0.39, 0.29) is 18.4 Å². The Morgan fingerprint density at radius 1 is 1.10 bits per heavy atom. The smallest absolute Gasteiger partial charge is 0.268 e. The maximum absolute atomic E-state index is 12.7. The number of carbonyl (C=O) groups excluding carboxylic acids is 2. The number of halogens is 1. The van der Waals surface area contributed by atoms with Crippen molar-refractivity contribution in [2.24, 2.45) is 0 Å². The van der Waals surface area contributed by atoms with E-state index in [2.05, 4.69) is 5.32 Å². The number of hydrogen-bond acceptors (Lipinski definition) is 4. The van der Waals surface area contributed by atoms with Gasteiger partial charge in [0.2, 0.25) is 0 Å². The Morgan fingerprint density at radius 3 is 2.61 bits per heavy atom. The fourth-order valence-corrected chi connectivity index (χ4v) is 3.51. The van der Waals surface area contributed by atoms with Crippen molar-refractivity contribution in [3.8, 4) is 11.5 Å². The van der Waals surface area contributed by atoms with Gasteiger partial charge >= 0.3 is 0 Å². The highest BCUT2D eigenvalue weighted by molar-refractivity contribution is 6.32. The number of ether oxygens (including phenoxy) is 2. The Bertz CT molecular complexity index is 1100. The number of anilines is 2. The summed E-state index contributed by atoms with van der Waals surface area (Å²) in [5.74, 6) is 0.534. The average Bonchev–Trinajstić information content (AvgIpc) is 2.77. The Labute approximate surface area is 185 Å². The second-order valence-electron chi connectivity index (χ2n) is 7.12. The number of benzene rings is 3. The van der Waals surface area contributed by atoms with Crippen molar-refractivity contribution in [3.63, 3.8) is 0 Å². The van der Waals surface area contributed by atoms with Crippen LogP contribution in [0.15, 0.2) is 72.8 Å². The van der Waals surface area contributed by atoms with Gasteiger partial charge in [0.15, 0.2) is 12.7 Å². The lowest BCUT2D eigenvalue weighted by Gasteiger charge is -2.33. The van der Waals surface area contributed by atoms with Crippen LogP contribution >= 0.6 is 11.6 Å². The summed E-state index contributed by atoms with van der Waals surface area (Å²) in [5, 5.41) is 3.22. The molecule has 0 spiro atoms. The molecule has 0 saturated heterocycles. The van der Waals surface area contributed by atoms with Gasteiger partial charge in [0, 0.05) is 11.8 Å². The molecule has 0 radical (unpaired) electrons. The topological polar surface area (TPSA) is 67.9 Å². The highest BCUT2D eigenvalue weighted by Gasteiger charge is 2.31. The van der Waals surface area contributed by atoms with Gasteiger partial charge in [-0.1, -0.05) is 54.1 Å². The Morgan fingerprint density at radius 2 is 1.84 bits per heavy atom. The summed E-state index contributed by atoms with van der Waals surface area (Å²) in [6.45, 7) is 1.97. The normalized spacial score (nSPS) is 15.1. The molecule has 6 nitrogen and oxygen atoms in total. The molecule has 4 rings (SSSR count). The Balaban J connectivity index is 1.47. The molecule has 158 valence electrons. The maximum Gasteiger partial charge on any atom is 0.268 e. The van der Waals surface area contributed by atoms with Gasteiger partial charge in [-0.3, -0.25) is 9.59 Å². The predicted molar refractivity (Wildman–Crippen MR) is 120 cm³/mol. The highest BCUT2D eigenvalue weighted by Crippen LogP contribution is 2.37. The van der Waals surface area contributed by atoms with E-state index < -0.39 is 6.10 Å². The molecule has 0 aliphatic carbocycles. The van der Waals surface area contributed by atoms with E-state index in [1.165, 1.54) is 0 Å². The first-order chi connectivity index (χ1) is 15.0. The number of nitrogens with zero attached hydrogens (tertiary/aromatic N) is 1. The van der Waals surface area contributed by atoms with Crippen LogP contribution in [0.2, 0.25) is 5.02 Å². The van der Waals surface area contributed by atoms with Crippen molar-refractivity contribution in [1.82, 2.24) is 0 Å².